The first-order chi connectivity index (χ1) is 9.00. The first-order valence-corrected chi connectivity index (χ1v) is 7.20. The fourth-order valence-corrected chi connectivity index (χ4v) is 3.26. The van der Waals surface area contributed by atoms with Crippen LogP contribution in [0.25, 0.3) is 0 Å². The molecular formula is C12H13ClN2O3S. The molecule has 1 aromatic rings. The van der Waals surface area contributed by atoms with Crippen LogP contribution in [0.4, 0.5) is 5.69 Å². The van der Waals surface area contributed by atoms with Gasteiger partial charge in [-0.15, -0.1) is 0 Å². The second-order valence-electron chi connectivity index (χ2n) is 4.15. The zero-order valence-corrected chi connectivity index (χ0v) is 11.6. The molecule has 102 valence electrons. The molecule has 1 fully saturated rings. The van der Waals surface area contributed by atoms with E-state index in [9.17, 15) is 14.7 Å². The number of carboxylic acids is 1. The maximum absolute atomic E-state index is 11.5. The average molecular weight is 301 g/mol. The Labute approximate surface area is 119 Å². The van der Waals surface area contributed by atoms with Gasteiger partial charge in [-0.05, 0) is 18.2 Å². The lowest BCUT2D eigenvalue weighted by molar-refractivity contribution is -0.138. The van der Waals surface area contributed by atoms with Gasteiger partial charge in [0.2, 0.25) is 0 Å². The predicted octanol–water partition coefficient (Wildman–Crippen LogP) is 1.45. The summed E-state index contributed by atoms with van der Waals surface area (Å²) in [6.07, 6.45) is 0. The number of primary amides is 1. The fraction of sp³-hybridized carbons (Fsp3) is 0.333. The summed E-state index contributed by atoms with van der Waals surface area (Å²) in [6, 6.07) is 4.09. The molecule has 2 rings (SSSR count). The van der Waals surface area contributed by atoms with Crippen molar-refractivity contribution in [3.8, 4) is 0 Å². The molecule has 0 saturated carbocycles. The maximum Gasteiger partial charge on any atom is 0.327 e. The summed E-state index contributed by atoms with van der Waals surface area (Å²) in [4.78, 5) is 24.5. The van der Waals surface area contributed by atoms with Crippen LogP contribution >= 0.6 is 23.4 Å². The van der Waals surface area contributed by atoms with Crippen LogP contribution in [0.1, 0.15) is 10.4 Å². The van der Waals surface area contributed by atoms with Gasteiger partial charge < -0.3 is 15.7 Å². The maximum atomic E-state index is 11.5. The van der Waals surface area contributed by atoms with Crippen molar-refractivity contribution >= 4 is 40.9 Å². The molecule has 1 heterocycles. The van der Waals surface area contributed by atoms with Gasteiger partial charge in [-0.1, -0.05) is 11.6 Å². The molecule has 1 atom stereocenters. The Morgan fingerprint density at radius 3 is 2.84 bits per heavy atom. The SMILES string of the molecule is NC(=O)c1cc(Cl)ccc1N1CCSCC1C(=O)O. The zero-order chi connectivity index (χ0) is 14.0. The monoisotopic (exact) mass is 300 g/mol. The van der Waals surface area contributed by atoms with Crippen LogP contribution < -0.4 is 10.6 Å². The summed E-state index contributed by atoms with van der Waals surface area (Å²) in [6.45, 7) is 0.559. The molecule has 1 amide bonds. The number of nitrogens with zero attached hydrogens (tertiary/aromatic N) is 1. The normalized spacial score (nSPS) is 19.2. The third-order valence-corrected chi connectivity index (χ3v) is 4.20. The number of aliphatic carboxylic acids is 1. The van der Waals surface area contributed by atoms with Gasteiger partial charge in [0.05, 0.1) is 11.3 Å². The molecule has 1 aliphatic heterocycles. The molecule has 3 N–H and O–H groups in total. The van der Waals surface area contributed by atoms with Crippen molar-refractivity contribution < 1.29 is 14.7 Å². The Kier molecular flexibility index (Phi) is 4.21. The highest BCUT2D eigenvalue weighted by atomic mass is 35.5. The summed E-state index contributed by atoms with van der Waals surface area (Å²) >= 11 is 7.43. The second kappa shape index (κ2) is 5.71. The molecule has 1 unspecified atom stereocenters. The first kappa shape index (κ1) is 14.0. The van der Waals surface area contributed by atoms with Crippen molar-refractivity contribution in [2.45, 2.75) is 6.04 Å². The van der Waals surface area contributed by atoms with Crippen molar-refractivity contribution in [1.82, 2.24) is 0 Å². The van der Waals surface area contributed by atoms with Gasteiger partial charge in [-0.25, -0.2) is 4.79 Å². The molecule has 0 bridgehead atoms. The quantitative estimate of drug-likeness (QED) is 0.882. The van der Waals surface area contributed by atoms with Crippen LogP contribution in [0.3, 0.4) is 0 Å². The van der Waals surface area contributed by atoms with Crippen LogP contribution in [0.15, 0.2) is 18.2 Å². The number of benzene rings is 1. The van der Waals surface area contributed by atoms with Gasteiger partial charge in [-0.2, -0.15) is 11.8 Å². The minimum Gasteiger partial charge on any atom is -0.480 e. The highest BCUT2D eigenvalue weighted by molar-refractivity contribution is 7.99. The van der Waals surface area contributed by atoms with E-state index in [0.717, 1.165) is 5.75 Å². The number of carbonyl (C=O) groups excluding carboxylic acids is 1. The van der Waals surface area contributed by atoms with Crippen LogP contribution in [0, 0.1) is 0 Å². The molecule has 0 aromatic heterocycles. The molecule has 1 saturated heterocycles. The lowest BCUT2D eigenvalue weighted by Gasteiger charge is -2.35. The summed E-state index contributed by atoms with van der Waals surface area (Å²) in [5.41, 5.74) is 6.12. The van der Waals surface area contributed by atoms with E-state index >= 15 is 0 Å². The Morgan fingerprint density at radius 1 is 1.47 bits per heavy atom. The molecule has 1 aromatic carbocycles. The third-order valence-electron chi connectivity index (χ3n) is 2.95. The van der Waals surface area contributed by atoms with E-state index in [1.165, 1.54) is 6.07 Å². The molecular weight excluding hydrogens is 288 g/mol. The highest BCUT2D eigenvalue weighted by Gasteiger charge is 2.31. The molecule has 0 radical (unpaired) electrons. The Hall–Kier alpha value is -1.40. The third kappa shape index (κ3) is 2.96. The number of nitrogens with two attached hydrogens (primary N) is 1. The Balaban J connectivity index is 2.44. The number of carbonyl (C=O) groups is 2. The van der Waals surface area contributed by atoms with Crippen LogP contribution in [0.2, 0.25) is 5.02 Å². The van der Waals surface area contributed by atoms with Crippen molar-refractivity contribution in [3.05, 3.63) is 28.8 Å². The number of hydrogen-bond acceptors (Lipinski definition) is 4. The van der Waals surface area contributed by atoms with Crippen molar-refractivity contribution in [2.75, 3.05) is 23.0 Å². The summed E-state index contributed by atoms with van der Waals surface area (Å²) < 4.78 is 0. The Bertz CT molecular complexity index is 524. The Morgan fingerprint density at radius 2 is 2.21 bits per heavy atom. The van der Waals surface area contributed by atoms with Gasteiger partial charge in [-0.3, -0.25) is 4.79 Å². The number of hydrogen-bond donors (Lipinski definition) is 2. The lowest BCUT2D eigenvalue weighted by Crippen LogP contribution is -2.48. The van der Waals surface area contributed by atoms with E-state index in [4.69, 9.17) is 17.3 Å². The lowest BCUT2D eigenvalue weighted by atomic mass is 10.1. The standard InChI is InChI=1S/C12H13ClN2O3S/c13-7-1-2-9(8(5-7)11(14)16)15-3-4-19-6-10(15)12(17)18/h1-2,5,10H,3-4,6H2,(H2,14,16)(H,17,18). The van der Waals surface area contributed by atoms with E-state index in [1.807, 2.05) is 0 Å². The zero-order valence-electron chi connectivity index (χ0n) is 10.0. The van der Waals surface area contributed by atoms with E-state index in [1.54, 1.807) is 28.8 Å². The van der Waals surface area contributed by atoms with Crippen LogP contribution in [0.5, 0.6) is 0 Å². The molecule has 1 aliphatic rings. The van der Waals surface area contributed by atoms with Gasteiger partial charge in [0.25, 0.3) is 5.91 Å². The first-order valence-electron chi connectivity index (χ1n) is 5.67. The van der Waals surface area contributed by atoms with Crippen molar-refractivity contribution in [1.29, 1.82) is 0 Å². The van der Waals surface area contributed by atoms with Crippen LogP contribution in [-0.2, 0) is 4.79 Å². The number of thioether (sulfide) groups is 1. The largest absolute Gasteiger partial charge is 0.480 e. The van der Waals surface area contributed by atoms with Gasteiger partial charge in [0.15, 0.2) is 0 Å². The average Bonchev–Trinajstić information content (AvgIpc) is 2.38. The van der Waals surface area contributed by atoms with E-state index < -0.39 is 17.9 Å². The summed E-state index contributed by atoms with van der Waals surface area (Å²) in [5.74, 6) is -0.224. The fourth-order valence-electron chi connectivity index (χ4n) is 2.05. The number of carboxylic acid groups (broad SMARTS) is 1. The van der Waals surface area contributed by atoms with Gasteiger partial charge >= 0.3 is 5.97 Å². The van der Waals surface area contributed by atoms with Crippen molar-refractivity contribution in [2.24, 2.45) is 5.73 Å². The van der Waals surface area contributed by atoms with Crippen molar-refractivity contribution in [3.63, 3.8) is 0 Å². The van der Waals surface area contributed by atoms with Gasteiger partial charge in [0, 0.05) is 23.1 Å². The summed E-state index contributed by atoms with van der Waals surface area (Å²) in [7, 11) is 0. The molecule has 5 nitrogen and oxygen atoms in total. The van der Waals surface area contributed by atoms with Gasteiger partial charge in [0.1, 0.15) is 6.04 Å². The summed E-state index contributed by atoms with van der Waals surface area (Å²) in [5, 5.41) is 9.66. The van der Waals surface area contributed by atoms with Crippen LogP contribution in [-0.4, -0.2) is 41.1 Å². The number of amides is 1. The van der Waals surface area contributed by atoms with E-state index in [2.05, 4.69) is 0 Å². The smallest absolute Gasteiger partial charge is 0.327 e. The topological polar surface area (TPSA) is 83.6 Å². The predicted molar refractivity (Wildman–Crippen MR) is 76.1 cm³/mol. The molecule has 0 aliphatic carbocycles. The highest BCUT2D eigenvalue weighted by Crippen LogP contribution is 2.29. The second-order valence-corrected chi connectivity index (χ2v) is 5.73. The minimum atomic E-state index is -0.905. The number of anilines is 1. The number of rotatable bonds is 3. The molecule has 19 heavy (non-hydrogen) atoms. The number of halogens is 1. The molecule has 0 spiro atoms. The minimum absolute atomic E-state index is 0.255. The van der Waals surface area contributed by atoms with E-state index in [-0.39, 0.29) is 5.56 Å². The van der Waals surface area contributed by atoms with E-state index in [0.29, 0.717) is 23.0 Å². The molecule has 7 heteroatoms.